The van der Waals surface area contributed by atoms with Crippen LogP contribution >= 0.6 is 12.2 Å². The van der Waals surface area contributed by atoms with Crippen molar-refractivity contribution in [1.82, 2.24) is 4.90 Å². The van der Waals surface area contributed by atoms with Crippen LogP contribution in [-0.2, 0) is 4.74 Å². The van der Waals surface area contributed by atoms with E-state index in [1.54, 1.807) is 36.4 Å². The van der Waals surface area contributed by atoms with Crippen molar-refractivity contribution in [2.24, 2.45) is 0 Å². The Morgan fingerprint density at radius 1 is 1.07 bits per heavy atom. The zero-order valence-electron chi connectivity index (χ0n) is 15.1. The Bertz CT molecular complexity index is 772. The summed E-state index contributed by atoms with van der Waals surface area (Å²) in [7, 11) is 0. The second-order valence-electron chi connectivity index (χ2n) is 5.90. The lowest BCUT2D eigenvalue weighted by atomic mass is 10.2. The number of anilines is 1. The van der Waals surface area contributed by atoms with Gasteiger partial charge in [0.05, 0.1) is 19.8 Å². The summed E-state index contributed by atoms with van der Waals surface area (Å²) in [4.78, 5) is 14.3. The quantitative estimate of drug-likeness (QED) is 0.796. The molecule has 2 aromatic carbocycles. The van der Waals surface area contributed by atoms with Crippen molar-refractivity contribution < 1.29 is 19.0 Å². The standard InChI is InChI=1S/C20H22N2O4S/c1-2-25-17-9-5-16(6-10-17)21-19(23)15-3-7-18(8-4-15)26-20(27)22-11-13-24-14-12-22/h3-10H,2,11-14H2,1H3,(H,21,23). The van der Waals surface area contributed by atoms with Gasteiger partial charge in [-0.15, -0.1) is 0 Å². The van der Waals surface area contributed by atoms with Gasteiger partial charge in [-0.3, -0.25) is 4.79 Å². The number of carbonyl (C=O) groups excluding carboxylic acids is 1. The van der Waals surface area contributed by atoms with Gasteiger partial charge < -0.3 is 24.4 Å². The Morgan fingerprint density at radius 2 is 1.70 bits per heavy atom. The molecular weight excluding hydrogens is 364 g/mol. The summed E-state index contributed by atoms with van der Waals surface area (Å²) >= 11 is 5.31. The van der Waals surface area contributed by atoms with E-state index in [1.165, 1.54) is 0 Å². The fourth-order valence-corrected chi connectivity index (χ4v) is 2.87. The maximum atomic E-state index is 12.4. The molecule has 0 bridgehead atoms. The fraction of sp³-hybridized carbons (Fsp3) is 0.300. The highest BCUT2D eigenvalue weighted by molar-refractivity contribution is 7.80. The summed E-state index contributed by atoms with van der Waals surface area (Å²) in [6.45, 7) is 5.27. The molecule has 3 rings (SSSR count). The van der Waals surface area contributed by atoms with E-state index < -0.39 is 0 Å². The topological polar surface area (TPSA) is 60.0 Å². The molecule has 0 saturated carbocycles. The van der Waals surface area contributed by atoms with Crippen LogP contribution < -0.4 is 14.8 Å². The molecule has 0 aromatic heterocycles. The summed E-state index contributed by atoms with van der Waals surface area (Å²) in [5, 5.41) is 3.28. The van der Waals surface area contributed by atoms with Crippen LogP contribution in [0.1, 0.15) is 17.3 Å². The van der Waals surface area contributed by atoms with Crippen LogP contribution in [0.15, 0.2) is 48.5 Å². The van der Waals surface area contributed by atoms with Crippen molar-refractivity contribution in [2.45, 2.75) is 6.92 Å². The molecule has 1 fully saturated rings. The lowest BCUT2D eigenvalue weighted by Gasteiger charge is -2.28. The third kappa shape index (κ3) is 5.42. The molecular formula is C20H22N2O4S. The predicted molar refractivity (Wildman–Crippen MR) is 108 cm³/mol. The maximum absolute atomic E-state index is 12.4. The van der Waals surface area contributed by atoms with Crippen molar-refractivity contribution >= 4 is 29.0 Å². The summed E-state index contributed by atoms with van der Waals surface area (Å²) in [6.07, 6.45) is 0. The first-order chi connectivity index (χ1) is 13.2. The number of amides is 1. The fourth-order valence-electron chi connectivity index (χ4n) is 2.59. The molecule has 142 valence electrons. The lowest BCUT2D eigenvalue weighted by molar-refractivity contribution is 0.0631. The van der Waals surface area contributed by atoms with Crippen molar-refractivity contribution in [3.05, 3.63) is 54.1 Å². The molecule has 0 radical (unpaired) electrons. The first kappa shape index (κ1) is 19.1. The number of nitrogens with one attached hydrogen (secondary N) is 1. The van der Waals surface area contributed by atoms with Crippen LogP contribution in [0.2, 0.25) is 0 Å². The molecule has 0 atom stereocenters. The largest absolute Gasteiger partial charge is 0.494 e. The van der Waals surface area contributed by atoms with Gasteiger partial charge in [-0.1, -0.05) is 0 Å². The van der Waals surface area contributed by atoms with Crippen LogP contribution in [0.3, 0.4) is 0 Å². The SMILES string of the molecule is CCOc1ccc(NC(=O)c2ccc(OC(=S)N3CCOCC3)cc2)cc1. The minimum absolute atomic E-state index is 0.193. The van der Waals surface area contributed by atoms with Gasteiger partial charge in [0.2, 0.25) is 0 Å². The number of rotatable bonds is 5. The van der Waals surface area contributed by atoms with Crippen molar-refractivity contribution in [2.75, 3.05) is 38.2 Å². The Kier molecular flexibility index (Phi) is 6.62. The number of benzene rings is 2. The third-order valence-corrected chi connectivity index (χ3v) is 4.36. The van der Waals surface area contributed by atoms with E-state index in [0.717, 1.165) is 18.8 Å². The Morgan fingerprint density at radius 3 is 2.33 bits per heavy atom. The summed E-state index contributed by atoms with van der Waals surface area (Å²) in [6, 6.07) is 14.1. The molecule has 7 heteroatoms. The van der Waals surface area contributed by atoms with Gasteiger partial charge in [-0.25, -0.2) is 0 Å². The van der Waals surface area contributed by atoms with E-state index in [0.29, 0.717) is 42.0 Å². The molecule has 1 aliphatic rings. The molecule has 0 spiro atoms. The summed E-state index contributed by atoms with van der Waals surface area (Å²) in [5.74, 6) is 1.18. The average Bonchev–Trinajstić information content (AvgIpc) is 2.71. The second kappa shape index (κ2) is 9.34. The summed E-state index contributed by atoms with van der Waals surface area (Å²) < 4.78 is 16.4. The number of thiocarbonyl (C=S) groups is 1. The number of ether oxygens (including phenoxy) is 3. The van der Waals surface area contributed by atoms with Crippen LogP contribution in [0, 0.1) is 0 Å². The molecule has 0 unspecified atom stereocenters. The van der Waals surface area contributed by atoms with Gasteiger partial charge in [-0.05, 0) is 67.7 Å². The van der Waals surface area contributed by atoms with Crippen LogP contribution in [0.5, 0.6) is 11.5 Å². The van der Waals surface area contributed by atoms with Gasteiger partial charge in [0.25, 0.3) is 11.1 Å². The van der Waals surface area contributed by atoms with Crippen LogP contribution in [0.25, 0.3) is 0 Å². The molecule has 1 amide bonds. The van der Waals surface area contributed by atoms with Crippen molar-refractivity contribution in [1.29, 1.82) is 0 Å². The second-order valence-corrected chi connectivity index (χ2v) is 6.25. The maximum Gasteiger partial charge on any atom is 0.264 e. The molecule has 27 heavy (non-hydrogen) atoms. The highest BCUT2D eigenvalue weighted by atomic mass is 32.1. The van der Waals surface area contributed by atoms with E-state index in [2.05, 4.69) is 5.32 Å². The molecule has 1 saturated heterocycles. The smallest absolute Gasteiger partial charge is 0.264 e. The molecule has 6 nitrogen and oxygen atoms in total. The molecule has 1 heterocycles. The molecule has 2 aromatic rings. The minimum Gasteiger partial charge on any atom is -0.494 e. The van der Waals surface area contributed by atoms with E-state index in [4.69, 9.17) is 26.4 Å². The Hall–Kier alpha value is -2.64. The molecule has 0 aliphatic carbocycles. The van der Waals surface area contributed by atoms with E-state index in [9.17, 15) is 4.79 Å². The van der Waals surface area contributed by atoms with E-state index >= 15 is 0 Å². The first-order valence-corrected chi connectivity index (χ1v) is 9.25. The monoisotopic (exact) mass is 386 g/mol. The van der Waals surface area contributed by atoms with Crippen molar-refractivity contribution in [3.8, 4) is 11.5 Å². The first-order valence-electron chi connectivity index (χ1n) is 8.84. The Balaban J connectivity index is 1.55. The van der Waals surface area contributed by atoms with Crippen LogP contribution in [-0.4, -0.2) is 48.9 Å². The lowest BCUT2D eigenvalue weighted by Crippen LogP contribution is -2.42. The number of morpholine rings is 1. The number of hydrogen-bond donors (Lipinski definition) is 1. The van der Waals surface area contributed by atoms with Gasteiger partial charge in [-0.2, -0.15) is 0 Å². The van der Waals surface area contributed by atoms with Gasteiger partial charge >= 0.3 is 0 Å². The Labute approximate surface area is 164 Å². The minimum atomic E-state index is -0.193. The van der Waals surface area contributed by atoms with Gasteiger partial charge in [0.1, 0.15) is 11.5 Å². The number of hydrogen-bond acceptors (Lipinski definition) is 5. The zero-order chi connectivity index (χ0) is 19.1. The van der Waals surface area contributed by atoms with E-state index in [-0.39, 0.29) is 5.91 Å². The van der Waals surface area contributed by atoms with Gasteiger partial charge in [0, 0.05) is 24.3 Å². The van der Waals surface area contributed by atoms with Crippen LogP contribution in [0.4, 0.5) is 5.69 Å². The number of nitrogens with zero attached hydrogens (tertiary/aromatic N) is 1. The summed E-state index contributed by atoms with van der Waals surface area (Å²) in [5.41, 5.74) is 1.24. The predicted octanol–water partition coefficient (Wildman–Crippen LogP) is 3.33. The molecule has 1 N–H and O–H groups in total. The van der Waals surface area contributed by atoms with E-state index in [1.807, 2.05) is 24.0 Å². The third-order valence-electron chi connectivity index (χ3n) is 4.01. The normalized spacial score (nSPS) is 13.7. The highest BCUT2D eigenvalue weighted by Crippen LogP contribution is 2.18. The van der Waals surface area contributed by atoms with Gasteiger partial charge in [0.15, 0.2) is 0 Å². The molecule has 1 aliphatic heterocycles. The number of carbonyl (C=O) groups is 1. The average molecular weight is 386 g/mol. The highest BCUT2D eigenvalue weighted by Gasteiger charge is 2.15. The van der Waals surface area contributed by atoms with Crippen molar-refractivity contribution in [3.63, 3.8) is 0 Å². The zero-order valence-corrected chi connectivity index (χ0v) is 16.0.